The molecule has 1 heterocycles. The monoisotopic (exact) mass is 304 g/mol. The first-order valence-corrected chi connectivity index (χ1v) is 8.24. The summed E-state index contributed by atoms with van der Waals surface area (Å²) in [7, 11) is 0. The molecule has 2 amide bonds. The Labute approximate surface area is 123 Å². The SMILES string of the molecule is CSCC[C@H](NC(=O)N1CCCC(C)(O)CC1)C(=O)O. The van der Waals surface area contributed by atoms with Gasteiger partial charge in [-0.1, -0.05) is 0 Å². The number of carbonyl (C=O) groups excluding carboxylic acids is 1. The van der Waals surface area contributed by atoms with Crippen LogP contribution in [0.15, 0.2) is 0 Å². The summed E-state index contributed by atoms with van der Waals surface area (Å²) in [5.41, 5.74) is -0.736. The number of hydrogen-bond donors (Lipinski definition) is 3. The van der Waals surface area contributed by atoms with Gasteiger partial charge < -0.3 is 20.4 Å². The van der Waals surface area contributed by atoms with Crippen molar-refractivity contribution in [3.63, 3.8) is 0 Å². The molecule has 0 radical (unpaired) electrons. The maximum absolute atomic E-state index is 12.1. The maximum Gasteiger partial charge on any atom is 0.326 e. The second-order valence-corrected chi connectivity index (χ2v) is 6.44. The lowest BCUT2D eigenvalue weighted by Gasteiger charge is -2.24. The van der Waals surface area contributed by atoms with Crippen LogP contribution in [0.1, 0.15) is 32.6 Å². The molecular formula is C13H24N2O4S. The number of nitrogens with one attached hydrogen (secondary N) is 1. The van der Waals surface area contributed by atoms with E-state index in [9.17, 15) is 14.7 Å². The topological polar surface area (TPSA) is 89.9 Å². The van der Waals surface area contributed by atoms with Crippen molar-refractivity contribution in [2.45, 2.75) is 44.2 Å². The molecule has 3 N–H and O–H groups in total. The number of carboxylic acid groups (broad SMARTS) is 1. The minimum absolute atomic E-state index is 0.351. The molecule has 7 heteroatoms. The number of nitrogens with zero attached hydrogens (tertiary/aromatic N) is 1. The van der Waals surface area contributed by atoms with Crippen molar-refractivity contribution in [2.24, 2.45) is 0 Å². The van der Waals surface area contributed by atoms with Crippen molar-refractivity contribution in [1.82, 2.24) is 10.2 Å². The number of likely N-dealkylation sites (tertiary alicyclic amines) is 1. The highest BCUT2D eigenvalue weighted by molar-refractivity contribution is 7.98. The van der Waals surface area contributed by atoms with Crippen molar-refractivity contribution in [1.29, 1.82) is 0 Å². The fourth-order valence-electron chi connectivity index (χ4n) is 2.20. The van der Waals surface area contributed by atoms with Gasteiger partial charge in [-0.25, -0.2) is 9.59 Å². The predicted molar refractivity (Wildman–Crippen MR) is 79.0 cm³/mol. The summed E-state index contributed by atoms with van der Waals surface area (Å²) in [4.78, 5) is 24.8. The molecule has 2 atom stereocenters. The molecule has 1 unspecified atom stereocenters. The molecule has 1 aliphatic rings. The third-order valence-corrected chi connectivity index (χ3v) is 4.20. The van der Waals surface area contributed by atoms with Crippen molar-refractivity contribution >= 4 is 23.8 Å². The zero-order chi connectivity index (χ0) is 15.2. The molecule has 1 aliphatic heterocycles. The number of amides is 2. The summed E-state index contributed by atoms with van der Waals surface area (Å²) in [6.45, 7) is 2.78. The van der Waals surface area contributed by atoms with E-state index in [1.807, 2.05) is 6.26 Å². The van der Waals surface area contributed by atoms with Crippen LogP contribution in [0.3, 0.4) is 0 Å². The molecule has 116 valence electrons. The molecule has 0 saturated carbocycles. The highest BCUT2D eigenvalue weighted by Crippen LogP contribution is 2.21. The Morgan fingerprint density at radius 1 is 1.40 bits per heavy atom. The number of carbonyl (C=O) groups is 2. The van der Waals surface area contributed by atoms with Crippen molar-refractivity contribution in [2.75, 3.05) is 25.1 Å². The molecule has 0 aromatic carbocycles. The van der Waals surface area contributed by atoms with Crippen molar-refractivity contribution < 1.29 is 19.8 Å². The molecule has 0 aliphatic carbocycles. The molecule has 1 saturated heterocycles. The predicted octanol–water partition coefficient (Wildman–Crippen LogP) is 1.14. The number of rotatable bonds is 5. The van der Waals surface area contributed by atoms with Gasteiger partial charge >= 0.3 is 12.0 Å². The van der Waals surface area contributed by atoms with Gasteiger partial charge in [0.1, 0.15) is 6.04 Å². The third-order valence-electron chi connectivity index (χ3n) is 3.56. The van der Waals surface area contributed by atoms with Crippen LogP contribution >= 0.6 is 11.8 Å². The normalized spacial score (nSPS) is 24.9. The Bertz CT molecular complexity index is 349. The summed E-state index contributed by atoms with van der Waals surface area (Å²) in [6, 6.07) is -1.20. The number of aliphatic carboxylic acids is 1. The van der Waals surface area contributed by atoms with Gasteiger partial charge in [0, 0.05) is 13.1 Å². The highest BCUT2D eigenvalue weighted by Gasteiger charge is 2.28. The molecule has 1 rings (SSSR count). The molecule has 1 fully saturated rings. The average Bonchev–Trinajstić information content (AvgIpc) is 2.55. The Morgan fingerprint density at radius 2 is 2.10 bits per heavy atom. The summed E-state index contributed by atoms with van der Waals surface area (Å²) in [5, 5.41) is 21.7. The van der Waals surface area contributed by atoms with Crippen LogP contribution in [0.2, 0.25) is 0 Å². The number of thioether (sulfide) groups is 1. The van der Waals surface area contributed by atoms with Crippen LogP contribution in [0.5, 0.6) is 0 Å². The van der Waals surface area contributed by atoms with Crippen LogP contribution in [-0.4, -0.2) is 63.9 Å². The number of carboxylic acids is 1. The van der Waals surface area contributed by atoms with Crippen LogP contribution in [-0.2, 0) is 4.79 Å². The lowest BCUT2D eigenvalue weighted by atomic mass is 9.98. The van der Waals surface area contributed by atoms with Crippen LogP contribution in [0.25, 0.3) is 0 Å². The van der Waals surface area contributed by atoms with Gasteiger partial charge in [-0.15, -0.1) is 0 Å². The molecule has 0 aromatic heterocycles. The lowest BCUT2D eigenvalue weighted by Crippen LogP contribution is -2.48. The van der Waals surface area contributed by atoms with Crippen molar-refractivity contribution in [3.8, 4) is 0 Å². The zero-order valence-corrected chi connectivity index (χ0v) is 12.9. The summed E-state index contributed by atoms with van der Waals surface area (Å²) in [5.74, 6) is -0.319. The van der Waals surface area contributed by atoms with Crippen molar-refractivity contribution in [3.05, 3.63) is 0 Å². The third kappa shape index (κ3) is 5.58. The van der Waals surface area contributed by atoms with Gasteiger partial charge in [0.2, 0.25) is 0 Å². The summed E-state index contributed by atoms with van der Waals surface area (Å²) >= 11 is 1.55. The van der Waals surface area contributed by atoms with E-state index < -0.39 is 17.6 Å². The Hall–Kier alpha value is -0.950. The Balaban J connectivity index is 2.53. The first-order valence-electron chi connectivity index (χ1n) is 6.85. The molecule has 0 spiro atoms. The van der Waals surface area contributed by atoms with Crippen LogP contribution < -0.4 is 5.32 Å². The minimum Gasteiger partial charge on any atom is -0.480 e. The zero-order valence-electron chi connectivity index (χ0n) is 12.1. The minimum atomic E-state index is -1.01. The van der Waals surface area contributed by atoms with Gasteiger partial charge in [-0.3, -0.25) is 0 Å². The van der Waals surface area contributed by atoms with E-state index in [1.54, 1.807) is 23.6 Å². The number of urea groups is 1. The van der Waals surface area contributed by atoms with E-state index in [0.29, 0.717) is 38.1 Å². The molecule has 0 bridgehead atoms. The maximum atomic E-state index is 12.1. The molecular weight excluding hydrogens is 280 g/mol. The van der Waals surface area contributed by atoms with E-state index in [1.165, 1.54) is 0 Å². The fraction of sp³-hybridized carbons (Fsp3) is 0.846. The highest BCUT2D eigenvalue weighted by atomic mass is 32.2. The first-order chi connectivity index (χ1) is 9.35. The lowest BCUT2D eigenvalue weighted by molar-refractivity contribution is -0.139. The Morgan fingerprint density at radius 3 is 2.70 bits per heavy atom. The number of hydrogen-bond acceptors (Lipinski definition) is 4. The smallest absolute Gasteiger partial charge is 0.326 e. The second-order valence-electron chi connectivity index (χ2n) is 5.46. The standard InChI is InChI=1S/C13H24N2O4S/c1-13(19)5-3-7-15(8-6-13)12(18)14-10(11(16)17)4-9-20-2/h10,19H,3-9H2,1-2H3,(H,14,18)(H,16,17)/t10-,13?/m0/s1. The van der Waals surface area contributed by atoms with Gasteiger partial charge in [0.15, 0.2) is 0 Å². The largest absolute Gasteiger partial charge is 0.480 e. The number of aliphatic hydroxyl groups is 1. The Kier molecular flexibility index (Phi) is 6.61. The van der Waals surface area contributed by atoms with Gasteiger partial charge in [0.05, 0.1) is 5.60 Å². The first kappa shape index (κ1) is 17.1. The van der Waals surface area contributed by atoms with Gasteiger partial charge in [-0.2, -0.15) is 11.8 Å². The van der Waals surface area contributed by atoms with E-state index in [0.717, 1.165) is 6.42 Å². The van der Waals surface area contributed by atoms with Gasteiger partial charge in [-0.05, 0) is 44.6 Å². The van der Waals surface area contributed by atoms with Gasteiger partial charge in [0.25, 0.3) is 0 Å². The summed E-state index contributed by atoms with van der Waals surface area (Å²) < 4.78 is 0. The molecule has 6 nitrogen and oxygen atoms in total. The fourth-order valence-corrected chi connectivity index (χ4v) is 2.67. The quantitative estimate of drug-likeness (QED) is 0.708. The van der Waals surface area contributed by atoms with E-state index in [2.05, 4.69) is 5.32 Å². The van der Waals surface area contributed by atoms with E-state index >= 15 is 0 Å². The molecule has 0 aromatic rings. The second kappa shape index (κ2) is 7.73. The van der Waals surface area contributed by atoms with E-state index in [-0.39, 0.29) is 6.03 Å². The van der Waals surface area contributed by atoms with Crippen LogP contribution in [0.4, 0.5) is 4.79 Å². The van der Waals surface area contributed by atoms with Crippen LogP contribution in [0, 0.1) is 0 Å². The molecule has 20 heavy (non-hydrogen) atoms. The average molecular weight is 304 g/mol. The summed E-state index contributed by atoms with van der Waals surface area (Å²) in [6.07, 6.45) is 4.21. The van der Waals surface area contributed by atoms with E-state index in [4.69, 9.17) is 5.11 Å².